The minimum absolute atomic E-state index is 0.0606. The molecule has 112 valence electrons. The number of nitrogens with zero attached hydrogens (tertiary/aromatic N) is 1. The first-order valence-corrected chi connectivity index (χ1v) is 7.08. The second kappa shape index (κ2) is 5.99. The minimum atomic E-state index is -0.612. The number of nitrogens with one attached hydrogen (secondary N) is 1. The lowest BCUT2D eigenvalue weighted by Crippen LogP contribution is -2.21. The number of carbonyl (C=O) groups excluding carboxylic acids is 1. The van der Waals surface area contributed by atoms with Gasteiger partial charge in [0.1, 0.15) is 5.56 Å². The van der Waals surface area contributed by atoms with Gasteiger partial charge in [0.25, 0.3) is 5.91 Å². The van der Waals surface area contributed by atoms with Crippen molar-refractivity contribution in [2.24, 2.45) is 7.05 Å². The Morgan fingerprint density at radius 3 is 2.24 bits per heavy atom. The summed E-state index contributed by atoms with van der Waals surface area (Å²) in [5, 5.41) is 2.88. The highest BCUT2D eigenvalue weighted by atomic mass is 16.5. The van der Waals surface area contributed by atoms with Crippen LogP contribution >= 0.6 is 0 Å². The first kappa shape index (κ1) is 15.1. The Kier molecular flexibility index (Phi) is 4.31. The minimum Gasteiger partial charge on any atom is -0.336 e. The number of carbonyl (C=O) groups is 1. The Hall–Kier alpha value is -2.30. The predicted octanol–water partition coefficient (Wildman–Crippen LogP) is 2.66. The number of anilines is 1. The molecule has 0 fully saturated rings. The van der Waals surface area contributed by atoms with Crippen LogP contribution in [0.1, 0.15) is 41.0 Å². The van der Waals surface area contributed by atoms with Crippen LogP contribution in [0.5, 0.6) is 0 Å². The third-order valence-electron chi connectivity index (χ3n) is 3.72. The van der Waals surface area contributed by atoms with Gasteiger partial charge in [-0.25, -0.2) is 9.53 Å². The van der Waals surface area contributed by atoms with E-state index in [4.69, 9.17) is 4.52 Å². The summed E-state index contributed by atoms with van der Waals surface area (Å²) >= 11 is 0. The number of aryl methyl sites for hydroxylation is 3. The molecule has 0 saturated heterocycles. The molecular formula is C16H20N2O3. The summed E-state index contributed by atoms with van der Waals surface area (Å²) in [6.45, 7) is 5.76. The van der Waals surface area contributed by atoms with Crippen LogP contribution in [0.2, 0.25) is 0 Å². The van der Waals surface area contributed by atoms with E-state index < -0.39 is 11.5 Å². The molecule has 0 aliphatic carbocycles. The first-order chi connectivity index (χ1) is 9.99. The van der Waals surface area contributed by atoms with Crippen LogP contribution in [-0.4, -0.2) is 10.6 Å². The molecule has 0 saturated carbocycles. The normalized spacial score (nSPS) is 10.7. The molecule has 1 aromatic carbocycles. The van der Waals surface area contributed by atoms with Crippen LogP contribution in [0.25, 0.3) is 0 Å². The van der Waals surface area contributed by atoms with Crippen LogP contribution in [0.3, 0.4) is 0 Å². The molecule has 21 heavy (non-hydrogen) atoms. The van der Waals surface area contributed by atoms with Gasteiger partial charge in [-0.1, -0.05) is 32.0 Å². The predicted molar refractivity (Wildman–Crippen MR) is 81.8 cm³/mol. The third-order valence-corrected chi connectivity index (χ3v) is 3.72. The number of benzene rings is 1. The van der Waals surface area contributed by atoms with E-state index >= 15 is 0 Å². The molecule has 2 aromatic rings. The molecule has 0 radical (unpaired) electrons. The van der Waals surface area contributed by atoms with Gasteiger partial charge in [0.2, 0.25) is 0 Å². The van der Waals surface area contributed by atoms with Crippen molar-refractivity contribution >= 4 is 11.6 Å². The van der Waals surface area contributed by atoms with E-state index in [1.807, 2.05) is 32.0 Å². The highest BCUT2D eigenvalue weighted by Gasteiger charge is 2.21. The fourth-order valence-electron chi connectivity index (χ4n) is 2.38. The van der Waals surface area contributed by atoms with E-state index in [1.54, 1.807) is 14.0 Å². The molecule has 2 rings (SSSR count). The summed E-state index contributed by atoms with van der Waals surface area (Å²) in [4.78, 5) is 24.2. The highest BCUT2D eigenvalue weighted by molar-refractivity contribution is 6.05. The van der Waals surface area contributed by atoms with Gasteiger partial charge >= 0.3 is 5.63 Å². The molecule has 5 nitrogen and oxygen atoms in total. The summed E-state index contributed by atoms with van der Waals surface area (Å²) < 4.78 is 6.23. The molecule has 1 heterocycles. The van der Waals surface area contributed by atoms with Crippen molar-refractivity contribution in [3.63, 3.8) is 0 Å². The van der Waals surface area contributed by atoms with Crippen LogP contribution in [0.4, 0.5) is 5.69 Å². The second-order valence-corrected chi connectivity index (χ2v) is 4.95. The molecular weight excluding hydrogens is 268 g/mol. The van der Waals surface area contributed by atoms with E-state index in [2.05, 4.69) is 5.32 Å². The number of hydrogen-bond acceptors (Lipinski definition) is 3. The molecule has 0 bridgehead atoms. The lowest BCUT2D eigenvalue weighted by Gasteiger charge is -2.13. The van der Waals surface area contributed by atoms with Gasteiger partial charge in [-0.3, -0.25) is 4.79 Å². The maximum atomic E-state index is 12.4. The van der Waals surface area contributed by atoms with E-state index in [-0.39, 0.29) is 5.56 Å². The van der Waals surface area contributed by atoms with Crippen molar-refractivity contribution in [3.8, 4) is 0 Å². The second-order valence-electron chi connectivity index (χ2n) is 4.95. The van der Waals surface area contributed by atoms with E-state index in [0.29, 0.717) is 5.69 Å². The van der Waals surface area contributed by atoms with Crippen LogP contribution in [-0.2, 0) is 19.9 Å². The number of para-hydroxylation sites is 1. The molecule has 0 atom stereocenters. The monoisotopic (exact) mass is 288 g/mol. The molecule has 0 aliphatic heterocycles. The topological polar surface area (TPSA) is 64.2 Å². The van der Waals surface area contributed by atoms with Gasteiger partial charge in [-0.2, -0.15) is 0 Å². The Balaban J connectivity index is 2.42. The fraction of sp³-hybridized carbons (Fsp3) is 0.375. The van der Waals surface area contributed by atoms with E-state index in [1.165, 1.54) is 4.74 Å². The summed E-state index contributed by atoms with van der Waals surface area (Å²) in [5.41, 5.74) is 2.88. The van der Waals surface area contributed by atoms with Crippen molar-refractivity contribution in [3.05, 3.63) is 51.0 Å². The Morgan fingerprint density at radius 2 is 1.81 bits per heavy atom. The SMILES string of the molecule is CCc1cccc(CC)c1NC(=O)c1c(C)n(C)oc1=O. The molecule has 1 amide bonds. The molecule has 0 unspecified atom stereocenters. The zero-order chi connectivity index (χ0) is 15.6. The van der Waals surface area contributed by atoms with E-state index in [0.717, 1.165) is 29.7 Å². The summed E-state index contributed by atoms with van der Waals surface area (Å²) in [7, 11) is 1.60. The molecule has 1 aromatic heterocycles. The van der Waals surface area contributed by atoms with Crippen LogP contribution in [0.15, 0.2) is 27.5 Å². The van der Waals surface area contributed by atoms with E-state index in [9.17, 15) is 9.59 Å². The lowest BCUT2D eigenvalue weighted by atomic mass is 10.0. The molecule has 1 N–H and O–H groups in total. The highest BCUT2D eigenvalue weighted by Crippen LogP contribution is 2.23. The van der Waals surface area contributed by atoms with Crippen molar-refractivity contribution in [2.75, 3.05) is 5.32 Å². The van der Waals surface area contributed by atoms with Gasteiger partial charge in [0, 0.05) is 12.7 Å². The van der Waals surface area contributed by atoms with Crippen molar-refractivity contribution in [1.29, 1.82) is 0 Å². The molecule has 0 aliphatic rings. The number of rotatable bonds is 4. The van der Waals surface area contributed by atoms with Gasteiger partial charge < -0.3 is 9.84 Å². The van der Waals surface area contributed by atoms with Gasteiger partial charge in [-0.15, -0.1) is 0 Å². The maximum absolute atomic E-state index is 12.4. The number of hydrogen-bond donors (Lipinski definition) is 1. The summed E-state index contributed by atoms with van der Waals surface area (Å²) in [5.74, 6) is -0.419. The quantitative estimate of drug-likeness (QED) is 0.940. The Morgan fingerprint density at radius 1 is 1.24 bits per heavy atom. The summed E-state index contributed by atoms with van der Waals surface area (Å²) in [6.07, 6.45) is 1.62. The van der Waals surface area contributed by atoms with Crippen LogP contribution < -0.4 is 10.9 Å². The van der Waals surface area contributed by atoms with Crippen molar-refractivity contribution < 1.29 is 9.32 Å². The number of aromatic nitrogens is 1. The van der Waals surface area contributed by atoms with Gasteiger partial charge in [0.05, 0.1) is 5.69 Å². The Bertz CT molecular complexity index is 703. The largest absolute Gasteiger partial charge is 0.370 e. The van der Waals surface area contributed by atoms with Gasteiger partial charge in [-0.05, 0) is 30.9 Å². The Labute approximate surface area is 123 Å². The van der Waals surface area contributed by atoms with Crippen molar-refractivity contribution in [2.45, 2.75) is 33.6 Å². The maximum Gasteiger partial charge on any atom is 0.370 e. The molecule has 5 heteroatoms. The lowest BCUT2D eigenvalue weighted by molar-refractivity contribution is 0.102. The number of amides is 1. The fourth-order valence-corrected chi connectivity index (χ4v) is 2.38. The summed E-state index contributed by atoms with van der Waals surface area (Å²) in [6, 6.07) is 5.94. The zero-order valence-corrected chi connectivity index (χ0v) is 12.8. The smallest absolute Gasteiger partial charge is 0.336 e. The average molecular weight is 288 g/mol. The standard InChI is InChI=1S/C16H20N2O3/c1-5-11-8-7-9-12(6-2)14(11)17-15(19)13-10(3)18(4)21-16(13)20/h7-9H,5-6H2,1-4H3,(H,17,19). The zero-order valence-electron chi connectivity index (χ0n) is 12.8. The molecule has 0 spiro atoms. The van der Waals surface area contributed by atoms with Gasteiger partial charge in [0.15, 0.2) is 0 Å². The average Bonchev–Trinajstić information content (AvgIpc) is 2.72. The third kappa shape index (κ3) is 2.77. The van der Waals surface area contributed by atoms with Crippen LogP contribution in [0, 0.1) is 6.92 Å². The van der Waals surface area contributed by atoms with Crippen molar-refractivity contribution in [1.82, 2.24) is 4.74 Å². The first-order valence-electron chi connectivity index (χ1n) is 7.08.